The van der Waals surface area contributed by atoms with Gasteiger partial charge in [-0.2, -0.15) is 0 Å². The van der Waals surface area contributed by atoms with Gasteiger partial charge in [0.15, 0.2) is 5.82 Å². The normalized spacial score (nSPS) is 10.6. The SMILES string of the molecule is c1ccc(-c2nc(Nc3ccncc3)c3cnccc3n2)cc1. The van der Waals surface area contributed by atoms with E-state index in [0.29, 0.717) is 5.82 Å². The van der Waals surface area contributed by atoms with Crippen LogP contribution in [-0.2, 0) is 0 Å². The molecule has 3 heterocycles. The highest BCUT2D eigenvalue weighted by molar-refractivity contribution is 5.91. The molecule has 23 heavy (non-hydrogen) atoms. The number of anilines is 2. The maximum Gasteiger partial charge on any atom is 0.162 e. The van der Waals surface area contributed by atoms with Crippen molar-refractivity contribution >= 4 is 22.4 Å². The molecule has 0 fully saturated rings. The van der Waals surface area contributed by atoms with Gasteiger partial charge in [0.05, 0.1) is 10.9 Å². The Hall–Kier alpha value is -3.34. The molecule has 110 valence electrons. The maximum atomic E-state index is 4.68. The highest BCUT2D eigenvalue weighted by atomic mass is 15.0. The molecule has 0 saturated carbocycles. The van der Waals surface area contributed by atoms with Crippen LogP contribution in [0.5, 0.6) is 0 Å². The van der Waals surface area contributed by atoms with E-state index in [9.17, 15) is 0 Å². The number of nitrogens with one attached hydrogen (secondary N) is 1. The Labute approximate surface area is 133 Å². The van der Waals surface area contributed by atoms with Gasteiger partial charge in [0.1, 0.15) is 5.82 Å². The van der Waals surface area contributed by atoms with E-state index in [1.807, 2.05) is 48.5 Å². The van der Waals surface area contributed by atoms with Crippen LogP contribution in [0.2, 0.25) is 0 Å². The molecule has 3 aromatic heterocycles. The summed E-state index contributed by atoms with van der Waals surface area (Å²) in [5, 5.41) is 4.20. The van der Waals surface area contributed by atoms with Gasteiger partial charge in [-0.15, -0.1) is 0 Å². The number of nitrogens with zero attached hydrogens (tertiary/aromatic N) is 4. The summed E-state index contributed by atoms with van der Waals surface area (Å²) in [6, 6.07) is 15.6. The molecule has 5 heteroatoms. The van der Waals surface area contributed by atoms with Gasteiger partial charge < -0.3 is 5.32 Å². The Bertz CT molecular complexity index is 939. The van der Waals surface area contributed by atoms with Crippen molar-refractivity contribution in [3.63, 3.8) is 0 Å². The summed E-state index contributed by atoms with van der Waals surface area (Å²) in [5.41, 5.74) is 2.75. The lowest BCUT2D eigenvalue weighted by Gasteiger charge is -2.10. The Kier molecular flexibility index (Phi) is 3.37. The fourth-order valence-electron chi connectivity index (χ4n) is 2.36. The molecule has 0 unspecified atom stereocenters. The second-order valence-corrected chi connectivity index (χ2v) is 5.02. The smallest absolute Gasteiger partial charge is 0.162 e. The average Bonchev–Trinajstić information content (AvgIpc) is 2.63. The number of hydrogen-bond acceptors (Lipinski definition) is 5. The van der Waals surface area contributed by atoms with E-state index in [-0.39, 0.29) is 0 Å². The van der Waals surface area contributed by atoms with Crippen LogP contribution in [0.25, 0.3) is 22.3 Å². The van der Waals surface area contributed by atoms with E-state index in [1.54, 1.807) is 24.8 Å². The van der Waals surface area contributed by atoms with Crippen molar-refractivity contribution in [2.45, 2.75) is 0 Å². The Morgan fingerprint density at radius 1 is 0.739 bits per heavy atom. The zero-order valence-electron chi connectivity index (χ0n) is 12.2. The summed E-state index contributed by atoms with van der Waals surface area (Å²) in [6.45, 7) is 0. The van der Waals surface area contributed by atoms with Crippen molar-refractivity contribution in [2.75, 3.05) is 5.32 Å². The van der Waals surface area contributed by atoms with Crippen LogP contribution in [0.15, 0.2) is 73.3 Å². The molecular weight excluding hydrogens is 286 g/mol. The van der Waals surface area contributed by atoms with Crippen LogP contribution < -0.4 is 5.32 Å². The molecule has 0 amide bonds. The number of rotatable bonds is 3. The van der Waals surface area contributed by atoms with E-state index in [0.717, 1.165) is 28.0 Å². The highest BCUT2D eigenvalue weighted by Gasteiger charge is 2.09. The lowest BCUT2D eigenvalue weighted by atomic mass is 10.2. The average molecular weight is 299 g/mol. The van der Waals surface area contributed by atoms with Crippen LogP contribution in [0.1, 0.15) is 0 Å². The Morgan fingerprint density at radius 2 is 1.52 bits per heavy atom. The number of benzene rings is 1. The quantitative estimate of drug-likeness (QED) is 0.623. The number of hydrogen-bond donors (Lipinski definition) is 1. The minimum absolute atomic E-state index is 0.681. The third-order valence-corrected chi connectivity index (χ3v) is 3.47. The molecule has 4 rings (SSSR count). The summed E-state index contributed by atoms with van der Waals surface area (Å²) in [4.78, 5) is 17.5. The molecule has 0 bridgehead atoms. The van der Waals surface area contributed by atoms with E-state index in [1.165, 1.54) is 0 Å². The Morgan fingerprint density at radius 3 is 2.35 bits per heavy atom. The maximum absolute atomic E-state index is 4.68. The summed E-state index contributed by atoms with van der Waals surface area (Å²) < 4.78 is 0. The lowest BCUT2D eigenvalue weighted by Crippen LogP contribution is -1.99. The highest BCUT2D eigenvalue weighted by Crippen LogP contribution is 2.26. The van der Waals surface area contributed by atoms with Crippen LogP contribution in [0.3, 0.4) is 0 Å². The van der Waals surface area contributed by atoms with Crippen molar-refractivity contribution < 1.29 is 0 Å². The molecule has 0 aliphatic carbocycles. The van der Waals surface area contributed by atoms with Crippen molar-refractivity contribution in [1.29, 1.82) is 0 Å². The summed E-state index contributed by atoms with van der Waals surface area (Å²) in [7, 11) is 0. The Balaban J connectivity index is 1.87. The zero-order chi connectivity index (χ0) is 15.5. The second-order valence-electron chi connectivity index (χ2n) is 5.02. The predicted molar refractivity (Wildman–Crippen MR) is 90.3 cm³/mol. The first-order chi connectivity index (χ1) is 11.4. The molecule has 0 saturated heterocycles. The fraction of sp³-hybridized carbons (Fsp3) is 0. The first-order valence-electron chi connectivity index (χ1n) is 7.24. The first kappa shape index (κ1) is 13.3. The third kappa shape index (κ3) is 2.72. The van der Waals surface area contributed by atoms with Gasteiger partial charge in [-0.25, -0.2) is 9.97 Å². The minimum Gasteiger partial charge on any atom is -0.339 e. The number of fused-ring (bicyclic) bond motifs is 1. The molecule has 5 nitrogen and oxygen atoms in total. The largest absolute Gasteiger partial charge is 0.339 e. The molecule has 0 atom stereocenters. The minimum atomic E-state index is 0.681. The second kappa shape index (κ2) is 5.81. The topological polar surface area (TPSA) is 63.6 Å². The molecule has 1 aromatic carbocycles. The molecule has 4 aromatic rings. The molecule has 0 aliphatic heterocycles. The van der Waals surface area contributed by atoms with Crippen molar-refractivity contribution in [1.82, 2.24) is 19.9 Å². The van der Waals surface area contributed by atoms with Gasteiger partial charge in [0, 0.05) is 36.0 Å². The van der Waals surface area contributed by atoms with E-state index in [2.05, 4.69) is 25.3 Å². The standard InChI is InChI=1S/C18H13N5/c1-2-4-13(5-3-1)17-22-16-8-11-20-12-15(16)18(23-17)21-14-6-9-19-10-7-14/h1-12H,(H,19,21,22,23). The van der Waals surface area contributed by atoms with Crippen LogP contribution in [-0.4, -0.2) is 19.9 Å². The van der Waals surface area contributed by atoms with Gasteiger partial charge in [-0.1, -0.05) is 30.3 Å². The van der Waals surface area contributed by atoms with Gasteiger partial charge in [0.25, 0.3) is 0 Å². The number of aromatic nitrogens is 4. The van der Waals surface area contributed by atoms with Crippen LogP contribution in [0.4, 0.5) is 11.5 Å². The fourth-order valence-corrected chi connectivity index (χ4v) is 2.36. The van der Waals surface area contributed by atoms with Crippen LogP contribution in [0, 0.1) is 0 Å². The van der Waals surface area contributed by atoms with Crippen molar-refractivity contribution in [2.24, 2.45) is 0 Å². The summed E-state index contributed by atoms with van der Waals surface area (Å²) in [5.74, 6) is 1.41. The number of pyridine rings is 2. The van der Waals surface area contributed by atoms with Crippen molar-refractivity contribution in [3.8, 4) is 11.4 Å². The van der Waals surface area contributed by atoms with Gasteiger partial charge in [0.2, 0.25) is 0 Å². The first-order valence-corrected chi connectivity index (χ1v) is 7.24. The third-order valence-electron chi connectivity index (χ3n) is 3.47. The molecule has 0 spiro atoms. The van der Waals surface area contributed by atoms with Crippen molar-refractivity contribution in [3.05, 3.63) is 73.3 Å². The zero-order valence-corrected chi connectivity index (χ0v) is 12.2. The summed E-state index contributed by atoms with van der Waals surface area (Å²) in [6.07, 6.45) is 6.98. The van der Waals surface area contributed by atoms with Gasteiger partial charge >= 0.3 is 0 Å². The summed E-state index contributed by atoms with van der Waals surface area (Å²) >= 11 is 0. The molecule has 0 radical (unpaired) electrons. The monoisotopic (exact) mass is 299 g/mol. The van der Waals surface area contributed by atoms with Gasteiger partial charge in [-0.3, -0.25) is 9.97 Å². The van der Waals surface area contributed by atoms with Gasteiger partial charge in [-0.05, 0) is 18.2 Å². The van der Waals surface area contributed by atoms with E-state index in [4.69, 9.17) is 0 Å². The predicted octanol–water partition coefficient (Wildman–Crippen LogP) is 3.83. The molecule has 1 N–H and O–H groups in total. The lowest BCUT2D eigenvalue weighted by molar-refractivity contribution is 1.21. The van der Waals surface area contributed by atoms with Crippen LogP contribution >= 0.6 is 0 Å². The van der Waals surface area contributed by atoms with E-state index < -0.39 is 0 Å². The van der Waals surface area contributed by atoms with E-state index >= 15 is 0 Å². The molecular formula is C18H13N5. The molecule has 0 aliphatic rings.